The average molecular weight is 387 g/mol. The monoisotopic (exact) mass is 386 g/mol. The third-order valence-electron chi connectivity index (χ3n) is 6.40. The summed E-state index contributed by atoms with van der Waals surface area (Å²) in [6.07, 6.45) is 7.57. The van der Waals surface area contributed by atoms with Crippen molar-refractivity contribution in [1.82, 2.24) is 0 Å². The van der Waals surface area contributed by atoms with Crippen LogP contribution in [0.2, 0.25) is 0 Å². The summed E-state index contributed by atoms with van der Waals surface area (Å²) in [6, 6.07) is 7.45. The molecule has 2 atom stereocenters. The molecule has 0 spiro atoms. The molecule has 4 nitrogen and oxygen atoms in total. The van der Waals surface area contributed by atoms with Gasteiger partial charge in [0.1, 0.15) is 11.5 Å². The number of hydrogen-bond acceptors (Lipinski definition) is 4. The van der Waals surface area contributed by atoms with Crippen molar-refractivity contribution >= 4 is 11.9 Å². The first kappa shape index (κ1) is 20.9. The van der Waals surface area contributed by atoms with Crippen LogP contribution in [0.1, 0.15) is 81.1 Å². The van der Waals surface area contributed by atoms with Gasteiger partial charge in [-0.15, -0.1) is 0 Å². The van der Waals surface area contributed by atoms with Gasteiger partial charge < -0.3 is 9.47 Å². The van der Waals surface area contributed by atoms with Gasteiger partial charge in [0.2, 0.25) is 0 Å². The average Bonchev–Trinajstić information content (AvgIpc) is 3.11. The van der Waals surface area contributed by atoms with E-state index >= 15 is 0 Å². The molecule has 1 aromatic rings. The third-order valence-corrected chi connectivity index (χ3v) is 6.40. The molecule has 2 aliphatic rings. The molecular weight excluding hydrogens is 352 g/mol. The molecule has 1 aromatic carbocycles. The zero-order chi connectivity index (χ0) is 20.1. The number of aryl methyl sites for hydroxylation is 1. The van der Waals surface area contributed by atoms with Crippen LogP contribution in [0.15, 0.2) is 24.3 Å². The molecule has 0 N–H and O–H groups in total. The first-order valence-electron chi connectivity index (χ1n) is 10.9. The maximum Gasteiger partial charge on any atom is 0.338 e. The molecule has 0 aliphatic heterocycles. The van der Waals surface area contributed by atoms with Gasteiger partial charge in [-0.2, -0.15) is 0 Å². The first-order valence-corrected chi connectivity index (χ1v) is 10.9. The van der Waals surface area contributed by atoms with Gasteiger partial charge in [-0.25, -0.2) is 4.79 Å². The van der Waals surface area contributed by atoms with Crippen LogP contribution in [0.3, 0.4) is 0 Å². The van der Waals surface area contributed by atoms with E-state index < -0.39 is 5.41 Å². The van der Waals surface area contributed by atoms with Gasteiger partial charge in [-0.05, 0) is 63.0 Å². The highest BCUT2D eigenvalue weighted by atomic mass is 16.6. The number of hydrogen-bond donors (Lipinski definition) is 0. The first-order chi connectivity index (χ1) is 13.4. The van der Waals surface area contributed by atoms with E-state index in [1.165, 1.54) is 6.42 Å². The van der Waals surface area contributed by atoms with Crippen molar-refractivity contribution in [2.75, 3.05) is 6.61 Å². The van der Waals surface area contributed by atoms with Crippen LogP contribution in [0.5, 0.6) is 0 Å². The second-order valence-electron chi connectivity index (χ2n) is 9.02. The molecular formula is C24H34O4. The number of ether oxygens (including phenoxy) is 2. The van der Waals surface area contributed by atoms with E-state index in [4.69, 9.17) is 9.47 Å². The Labute approximate surface area is 169 Å². The van der Waals surface area contributed by atoms with Crippen LogP contribution in [-0.2, 0) is 14.3 Å². The molecule has 2 unspecified atom stereocenters. The van der Waals surface area contributed by atoms with Crippen molar-refractivity contribution in [2.24, 2.45) is 17.3 Å². The lowest BCUT2D eigenvalue weighted by atomic mass is 9.66. The lowest BCUT2D eigenvalue weighted by molar-refractivity contribution is -0.169. The minimum atomic E-state index is -0.672. The van der Waals surface area contributed by atoms with Crippen molar-refractivity contribution in [2.45, 2.75) is 78.2 Å². The number of esters is 2. The Bertz CT molecular complexity index is 690. The topological polar surface area (TPSA) is 52.6 Å². The molecule has 2 aliphatic carbocycles. The predicted octanol–water partition coefficient (Wildman–Crippen LogP) is 5.47. The number of rotatable bonds is 6. The second-order valence-corrected chi connectivity index (χ2v) is 9.02. The van der Waals surface area contributed by atoms with Crippen molar-refractivity contribution in [3.63, 3.8) is 0 Å². The van der Waals surface area contributed by atoms with E-state index in [-0.39, 0.29) is 24.0 Å². The van der Waals surface area contributed by atoms with E-state index in [1.807, 2.05) is 39.0 Å². The fraction of sp³-hybridized carbons (Fsp3) is 0.667. The Balaban J connectivity index is 1.84. The highest BCUT2D eigenvalue weighted by Crippen LogP contribution is 2.52. The van der Waals surface area contributed by atoms with E-state index in [0.29, 0.717) is 18.1 Å². The third kappa shape index (κ3) is 4.42. The molecule has 0 bridgehead atoms. The summed E-state index contributed by atoms with van der Waals surface area (Å²) in [5.41, 5.74) is 0.908. The summed E-state index contributed by atoms with van der Waals surface area (Å²) >= 11 is 0. The summed E-state index contributed by atoms with van der Waals surface area (Å²) in [6.45, 7) is 6.47. The molecule has 3 rings (SSSR count). The van der Waals surface area contributed by atoms with Gasteiger partial charge in [0, 0.05) is 0 Å². The zero-order valence-corrected chi connectivity index (χ0v) is 17.5. The minimum Gasteiger partial charge on any atom is -0.465 e. The van der Waals surface area contributed by atoms with E-state index in [1.54, 1.807) is 6.07 Å². The van der Waals surface area contributed by atoms with Crippen LogP contribution in [0.25, 0.3) is 0 Å². The highest BCUT2D eigenvalue weighted by Gasteiger charge is 2.57. The lowest BCUT2D eigenvalue weighted by Crippen LogP contribution is -2.48. The van der Waals surface area contributed by atoms with Gasteiger partial charge >= 0.3 is 11.9 Å². The van der Waals surface area contributed by atoms with Crippen LogP contribution in [0, 0.1) is 24.2 Å². The molecule has 4 heteroatoms. The summed E-state index contributed by atoms with van der Waals surface area (Å²) < 4.78 is 11.8. The standard InChI is InChI=1S/C24H34O4/c1-17(2)16-27-23(26)24(20-11-5-4-6-12-20)14-8-13-21(24)28-22(25)19-10-7-9-18(3)15-19/h7,9-10,15,17,20-21H,4-6,8,11-14,16H2,1-3H3. The number of carbonyl (C=O) groups is 2. The molecule has 0 saturated heterocycles. The molecule has 2 fully saturated rings. The number of benzene rings is 1. The van der Waals surface area contributed by atoms with Crippen LogP contribution in [-0.4, -0.2) is 24.6 Å². The van der Waals surface area contributed by atoms with Gasteiger partial charge in [0.05, 0.1) is 12.2 Å². The lowest BCUT2D eigenvalue weighted by Gasteiger charge is -2.41. The minimum absolute atomic E-state index is 0.146. The fourth-order valence-corrected chi connectivity index (χ4v) is 4.99. The van der Waals surface area contributed by atoms with Gasteiger partial charge in [0.25, 0.3) is 0 Å². The largest absolute Gasteiger partial charge is 0.465 e. The number of carbonyl (C=O) groups excluding carboxylic acids is 2. The van der Waals surface area contributed by atoms with Gasteiger partial charge in [-0.3, -0.25) is 4.79 Å². The van der Waals surface area contributed by atoms with Gasteiger partial charge in [-0.1, -0.05) is 50.8 Å². The van der Waals surface area contributed by atoms with Crippen molar-refractivity contribution in [1.29, 1.82) is 0 Å². The summed E-state index contributed by atoms with van der Waals surface area (Å²) in [5, 5.41) is 0. The Morgan fingerprint density at radius 1 is 1.11 bits per heavy atom. The molecule has 0 heterocycles. The molecule has 28 heavy (non-hydrogen) atoms. The van der Waals surface area contributed by atoms with Crippen molar-refractivity contribution in [3.8, 4) is 0 Å². The zero-order valence-electron chi connectivity index (χ0n) is 17.5. The van der Waals surface area contributed by atoms with E-state index in [9.17, 15) is 9.59 Å². The SMILES string of the molecule is Cc1cccc(C(=O)OC2CCCC2(C(=O)OCC(C)C)C2CCCCC2)c1. The maximum absolute atomic E-state index is 13.3. The summed E-state index contributed by atoms with van der Waals surface area (Å²) in [7, 11) is 0. The summed E-state index contributed by atoms with van der Waals surface area (Å²) in [4.78, 5) is 26.2. The van der Waals surface area contributed by atoms with E-state index in [0.717, 1.165) is 50.5 Å². The van der Waals surface area contributed by atoms with Crippen LogP contribution in [0.4, 0.5) is 0 Å². The van der Waals surface area contributed by atoms with Crippen LogP contribution < -0.4 is 0 Å². The maximum atomic E-state index is 13.3. The van der Waals surface area contributed by atoms with Crippen molar-refractivity contribution < 1.29 is 19.1 Å². The summed E-state index contributed by atoms with van der Waals surface area (Å²) in [5.74, 6) is 0.0702. The smallest absolute Gasteiger partial charge is 0.338 e. The second kappa shape index (κ2) is 9.11. The molecule has 2 saturated carbocycles. The molecule has 0 amide bonds. The van der Waals surface area contributed by atoms with Crippen LogP contribution >= 0.6 is 0 Å². The Kier molecular flexibility index (Phi) is 6.79. The predicted molar refractivity (Wildman–Crippen MR) is 109 cm³/mol. The Morgan fingerprint density at radius 2 is 1.86 bits per heavy atom. The fourth-order valence-electron chi connectivity index (χ4n) is 4.99. The van der Waals surface area contributed by atoms with Gasteiger partial charge in [0.15, 0.2) is 0 Å². The molecule has 154 valence electrons. The van der Waals surface area contributed by atoms with E-state index in [2.05, 4.69) is 0 Å². The molecule has 0 radical (unpaired) electrons. The Hall–Kier alpha value is -1.84. The highest BCUT2D eigenvalue weighted by molar-refractivity contribution is 5.90. The quantitative estimate of drug-likeness (QED) is 0.608. The normalized spacial score (nSPS) is 25.6. The molecule has 0 aromatic heterocycles. The Morgan fingerprint density at radius 3 is 2.54 bits per heavy atom. The van der Waals surface area contributed by atoms with Crippen molar-refractivity contribution in [3.05, 3.63) is 35.4 Å².